The molecule has 7 nitrogen and oxygen atoms in total. The maximum absolute atomic E-state index is 12.7. The van der Waals surface area contributed by atoms with Crippen LogP contribution in [-0.2, 0) is 14.3 Å². The lowest BCUT2D eigenvalue weighted by Gasteiger charge is -2.40. The number of para-hydroxylation sites is 1. The fraction of sp³-hybridized carbons (Fsp3) is 0.571. The summed E-state index contributed by atoms with van der Waals surface area (Å²) in [5.74, 6) is -0.540. The molecule has 1 aromatic carbocycles. The molecule has 1 fully saturated rings. The number of amides is 2. The highest BCUT2D eigenvalue weighted by Gasteiger charge is 2.33. The summed E-state index contributed by atoms with van der Waals surface area (Å²) in [5.41, 5.74) is 0.398. The summed E-state index contributed by atoms with van der Waals surface area (Å²) >= 11 is 0. The Morgan fingerprint density at radius 2 is 1.82 bits per heavy atom. The molecule has 0 aromatic heterocycles. The van der Waals surface area contributed by atoms with Crippen LogP contribution in [0, 0.1) is 0 Å². The number of carbonyl (C=O) groups excluding carboxylic acids is 3. The van der Waals surface area contributed by atoms with Crippen LogP contribution in [0.4, 0.5) is 0 Å². The maximum atomic E-state index is 12.7. The van der Waals surface area contributed by atoms with Crippen LogP contribution in [0.3, 0.4) is 0 Å². The van der Waals surface area contributed by atoms with Crippen molar-refractivity contribution in [2.24, 2.45) is 0 Å². The molecule has 1 aliphatic rings. The van der Waals surface area contributed by atoms with Gasteiger partial charge < -0.3 is 19.7 Å². The number of nitrogens with one attached hydrogen (secondary N) is 1. The second-order valence-electron chi connectivity index (χ2n) is 7.21. The lowest BCUT2D eigenvalue weighted by atomic mass is 9.97. The third-order valence-corrected chi connectivity index (χ3v) is 5.07. The minimum absolute atomic E-state index is 0.0103. The Kier molecular flexibility index (Phi) is 7.84. The summed E-state index contributed by atoms with van der Waals surface area (Å²) in [4.78, 5) is 38.8. The van der Waals surface area contributed by atoms with E-state index in [4.69, 9.17) is 9.47 Å². The lowest BCUT2D eigenvalue weighted by Crippen LogP contribution is -2.51. The molecule has 0 aliphatic carbocycles. The average Bonchev–Trinajstić information content (AvgIpc) is 2.67. The molecule has 1 aromatic rings. The van der Waals surface area contributed by atoms with Crippen molar-refractivity contribution in [2.45, 2.75) is 64.6 Å². The van der Waals surface area contributed by atoms with Crippen LogP contribution in [-0.4, -0.2) is 54.5 Å². The van der Waals surface area contributed by atoms with Crippen molar-refractivity contribution in [1.29, 1.82) is 0 Å². The van der Waals surface area contributed by atoms with Crippen molar-refractivity contribution in [1.82, 2.24) is 10.2 Å². The third-order valence-electron chi connectivity index (χ3n) is 5.07. The molecule has 2 rings (SSSR count). The van der Waals surface area contributed by atoms with E-state index in [-0.39, 0.29) is 36.9 Å². The summed E-state index contributed by atoms with van der Waals surface area (Å²) in [7, 11) is 1.49. The zero-order valence-corrected chi connectivity index (χ0v) is 17.1. The molecule has 1 saturated heterocycles. The van der Waals surface area contributed by atoms with Crippen LogP contribution in [0.25, 0.3) is 0 Å². The summed E-state index contributed by atoms with van der Waals surface area (Å²) in [6, 6.07) is 7.15. The van der Waals surface area contributed by atoms with E-state index >= 15 is 0 Å². The Morgan fingerprint density at radius 1 is 1.18 bits per heavy atom. The highest BCUT2D eigenvalue weighted by molar-refractivity contribution is 5.97. The first-order valence-electron chi connectivity index (χ1n) is 9.78. The topological polar surface area (TPSA) is 84.9 Å². The zero-order chi connectivity index (χ0) is 20.7. The number of hydrogen-bond acceptors (Lipinski definition) is 5. The SMILES string of the molecule is COc1ccccc1C(=O)NCCC(=O)O[C@H](C)C(=O)N1[C@H](C)CCC[C@@H]1C. The van der Waals surface area contributed by atoms with Gasteiger partial charge in [0.2, 0.25) is 0 Å². The molecule has 0 saturated carbocycles. The van der Waals surface area contributed by atoms with E-state index in [1.165, 1.54) is 7.11 Å². The molecule has 1 N–H and O–H groups in total. The van der Waals surface area contributed by atoms with Gasteiger partial charge in [-0.1, -0.05) is 12.1 Å². The van der Waals surface area contributed by atoms with E-state index < -0.39 is 12.1 Å². The highest BCUT2D eigenvalue weighted by atomic mass is 16.5. The molecule has 7 heteroatoms. The normalized spacial score (nSPS) is 20.2. The van der Waals surface area contributed by atoms with Crippen molar-refractivity contribution in [2.75, 3.05) is 13.7 Å². The number of ether oxygens (including phenoxy) is 2. The Bertz CT molecular complexity index is 696. The van der Waals surface area contributed by atoms with Gasteiger partial charge in [-0.2, -0.15) is 0 Å². The highest BCUT2D eigenvalue weighted by Crippen LogP contribution is 2.23. The van der Waals surface area contributed by atoms with Gasteiger partial charge in [0.25, 0.3) is 11.8 Å². The van der Waals surface area contributed by atoms with E-state index in [0.717, 1.165) is 19.3 Å². The van der Waals surface area contributed by atoms with Crippen LogP contribution < -0.4 is 10.1 Å². The summed E-state index contributed by atoms with van der Waals surface area (Å²) in [6.45, 7) is 5.76. The fourth-order valence-electron chi connectivity index (χ4n) is 3.58. The fourth-order valence-corrected chi connectivity index (χ4v) is 3.58. The Balaban J connectivity index is 1.80. The summed E-state index contributed by atoms with van der Waals surface area (Å²) in [5, 5.41) is 2.67. The second-order valence-corrected chi connectivity index (χ2v) is 7.21. The van der Waals surface area contributed by atoms with Crippen molar-refractivity contribution >= 4 is 17.8 Å². The predicted octanol–water partition coefficient (Wildman–Crippen LogP) is 2.54. The first kappa shape index (κ1) is 21.7. The maximum Gasteiger partial charge on any atom is 0.308 e. The van der Waals surface area contributed by atoms with Gasteiger partial charge >= 0.3 is 5.97 Å². The standard InChI is InChI=1S/C21H30N2O5/c1-14-8-7-9-15(2)23(14)21(26)16(3)28-19(24)12-13-22-20(25)17-10-5-6-11-18(17)27-4/h5-6,10-11,14-16H,7-9,12-13H2,1-4H3,(H,22,25)/t14-,15+,16-/m1/s1. The number of nitrogens with zero attached hydrogens (tertiary/aromatic N) is 1. The second kappa shape index (κ2) is 10.1. The van der Waals surface area contributed by atoms with Gasteiger partial charge in [0, 0.05) is 18.6 Å². The predicted molar refractivity (Wildman–Crippen MR) is 105 cm³/mol. The molecule has 3 atom stereocenters. The number of likely N-dealkylation sites (tertiary alicyclic amines) is 1. The molecule has 0 unspecified atom stereocenters. The third kappa shape index (κ3) is 5.47. The van der Waals surface area contributed by atoms with Crippen LogP contribution in [0.2, 0.25) is 0 Å². The van der Waals surface area contributed by atoms with E-state index in [0.29, 0.717) is 11.3 Å². The Hall–Kier alpha value is -2.57. The molecule has 2 amide bonds. The van der Waals surface area contributed by atoms with Crippen molar-refractivity contribution in [3.63, 3.8) is 0 Å². The van der Waals surface area contributed by atoms with E-state index in [1.807, 2.05) is 18.7 Å². The van der Waals surface area contributed by atoms with E-state index in [9.17, 15) is 14.4 Å². The zero-order valence-electron chi connectivity index (χ0n) is 17.1. The molecule has 28 heavy (non-hydrogen) atoms. The molecule has 0 bridgehead atoms. The van der Waals surface area contributed by atoms with Crippen molar-refractivity contribution in [3.05, 3.63) is 29.8 Å². The number of esters is 1. The van der Waals surface area contributed by atoms with Gasteiger partial charge in [-0.25, -0.2) is 0 Å². The van der Waals surface area contributed by atoms with Crippen LogP contribution in [0.5, 0.6) is 5.75 Å². The van der Waals surface area contributed by atoms with Crippen LogP contribution in [0.15, 0.2) is 24.3 Å². The minimum Gasteiger partial charge on any atom is -0.496 e. The van der Waals surface area contributed by atoms with Crippen molar-refractivity contribution < 1.29 is 23.9 Å². The number of piperidine rings is 1. The van der Waals surface area contributed by atoms with Crippen LogP contribution >= 0.6 is 0 Å². The summed E-state index contributed by atoms with van der Waals surface area (Å²) < 4.78 is 10.4. The molecular weight excluding hydrogens is 360 g/mol. The van der Waals surface area contributed by atoms with E-state index in [1.54, 1.807) is 31.2 Å². The lowest BCUT2D eigenvalue weighted by molar-refractivity contribution is -0.162. The first-order chi connectivity index (χ1) is 13.3. The van der Waals surface area contributed by atoms with Crippen LogP contribution in [0.1, 0.15) is 56.8 Å². The Morgan fingerprint density at radius 3 is 2.46 bits per heavy atom. The minimum atomic E-state index is -0.833. The molecular formula is C21H30N2O5. The molecule has 1 aliphatic heterocycles. The molecule has 0 spiro atoms. The number of carbonyl (C=O) groups is 3. The van der Waals surface area contributed by atoms with Gasteiger partial charge in [-0.3, -0.25) is 14.4 Å². The average molecular weight is 390 g/mol. The quantitative estimate of drug-likeness (QED) is 0.723. The number of benzene rings is 1. The molecule has 154 valence electrons. The number of hydrogen-bond donors (Lipinski definition) is 1. The number of rotatable bonds is 7. The number of methoxy groups -OCH3 is 1. The van der Waals surface area contributed by atoms with Gasteiger partial charge in [-0.15, -0.1) is 0 Å². The van der Waals surface area contributed by atoms with Gasteiger partial charge in [0.05, 0.1) is 19.1 Å². The van der Waals surface area contributed by atoms with Gasteiger partial charge in [-0.05, 0) is 52.2 Å². The molecule has 1 heterocycles. The first-order valence-corrected chi connectivity index (χ1v) is 9.78. The molecule has 0 radical (unpaired) electrons. The van der Waals surface area contributed by atoms with Crippen molar-refractivity contribution in [3.8, 4) is 5.75 Å². The smallest absolute Gasteiger partial charge is 0.308 e. The Labute approximate surface area is 166 Å². The monoisotopic (exact) mass is 390 g/mol. The summed E-state index contributed by atoms with van der Waals surface area (Å²) in [6.07, 6.45) is 2.19. The van der Waals surface area contributed by atoms with Gasteiger partial charge in [0.1, 0.15) is 5.75 Å². The van der Waals surface area contributed by atoms with Gasteiger partial charge in [0.15, 0.2) is 6.10 Å². The largest absolute Gasteiger partial charge is 0.496 e. The van der Waals surface area contributed by atoms with E-state index in [2.05, 4.69) is 5.32 Å².